The van der Waals surface area contributed by atoms with Gasteiger partial charge in [-0.3, -0.25) is 0 Å². The Hall–Kier alpha value is -0.0800. The molecule has 18 heavy (non-hydrogen) atoms. The molecule has 2 unspecified atom stereocenters. The van der Waals surface area contributed by atoms with Crippen molar-refractivity contribution >= 4 is 0 Å². The van der Waals surface area contributed by atoms with E-state index >= 15 is 0 Å². The van der Waals surface area contributed by atoms with Crippen LogP contribution in [0.4, 0.5) is 0 Å². The van der Waals surface area contributed by atoms with Crippen LogP contribution in [0.15, 0.2) is 0 Å². The minimum atomic E-state index is 0.403. The Morgan fingerprint density at radius 3 is 2.28 bits per heavy atom. The van der Waals surface area contributed by atoms with Crippen molar-refractivity contribution in [1.82, 2.24) is 4.90 Å². The van der Waals surface area contributed by atoms with Gasteiger partial charge in [0.15, 0.2) is 0 Å². The summed E-state index contributed by atoms with van der Waals surface area (Å²) < 4.78 is 0. The van der Waals surface area contributed by atoms with Crippen molar-refractivity contribution in [3.05, 3.63) is 0 Å². The fourth-order valence-corrected chi connectivity index (χ4v) is 2.94. The lowest BCUT2D eigenvalue weighted by Crippen LogP contribution is -2.32. The number of hydrogen-bond donors (Lipinski definition) is 1. The molecule has 1 aliphatic carbocycles. The normalized spacial score (nSPS) is 20.2. The van der Waals surface area contributed by atoms with E-state index in [2.05, 4.69) is 39.6 Å². The lowest BCUT2D eigenvalue weighted by atomic mass is 9.76. The summed E-state index contributed by atoms with van der Waals surface area (Å²) in [6.45, 7) is 11.5. The van der Waals surface area contributed by atoms with Gasteiger partial charge in [-0.05, 0) is 76.4 Å². The first-order chi connectivity index (χ1) is 8.36. The molecule has 2 heteroatoms. The lowest BCUT2D eigenvalue weighted by molar-refractivity contribution is 0.184. The third-order valence-corrected chi connectivity index (χ3v) is 4.80. The Kier molecular flexibility index (Phi) is 6.13. The topological polar surface area (TPSA) is 29.3 Å². The Morgan fingerprint density at radius 1 is 1.22 bits per heavy atom. The van der Waals surface area contributed by atoms with Gasteiger partial charge in [-0.1, -0.05) is 20.8 Å². The minimum Gasteiger partial charge on any atom is -0.330 e. The summed E-state index contributed by atoms with van der Waals surface area (Å²) in [5, 5.41) is 0. The lowest BCUT2D eigenvalue weighted by Gasteiger charge is -2.32. The molecule has 1 rings (SSSR count). The molecule has 1 aliphatic rings. The highest BCUT2D eigenvalue weighted by molar-refractivity contribution is 4.84. The highest BCUT2D eigenvalue weighted by Gasteiger charge is 2.30. The van der Waals surface area contributed by atoms with Gasteiger partial charge in [0.2, 0.25) is 0 Å². The first-order valence-corrected chi connectivity index (χ1v) is 7.76. The van der Waals surface area contributed by atoms with Crippen LogP contribution in [0.1, 0.15) is 59.8 Å². The summed E-state index contributed by atoms with van der Waals surface area (Å²) in [4.78, 5) is 2.56. The fourth-order valence-electron chi connectivity index (χ4n) is 2.94. The first kappa shape index (κ1) is 16.0. The van der Waals surface area contributed by atoms with Crippen LogP contribution >= 0.6 is 0 Å². The molecule has 0 saturated heterocycles. The maximum atomic E-state index is 5.74. The van der Waals surface area contributed by atoms with E-state index in [-0.39, 0.29) is 0 Å². The Morgan fingerprint density at radius 2 is 1.83 bits per heavy atom. The second kappa shape index (κ2) is 6.91. The van der Waals surface area contributed by atoms with Gasteiger partial charge in [-0.2, -0.15) is 0 Å². The van der Waals surface area contributed by atoms with Crippen molar-refractivity contribution in [3.63, 3.8) is 0 Å². The molecule has 1 fully saturated rings. The molecular formula is C16H34N2. The third-order valence-electron chi connectivity index (χ3n) is 4.80. The van der Waals surface area contributed by atoms with Crippen LogP contribution < -0.4 is 5.73 Å². The number of hydrogen-bond acceptors (Lipinski definition) is 2. The van der Waals surface area contributed by atoms with E-state index in [4.69, 9.17) is 5.73 Å². The standard InChI is InChI=1S/C16H34N2/c1-13(14-8-9-14)18(5)12-6-7-15(10-11-17)16(2,3)4/h13-15H,6-12,17H2,1-5H3. The quantitative estimate of drug-likeness (QED) is 0.718. The Bertz CT molecular complexity index is 228. The van der Waals surface area contributed by atoms with Crippen LogP contribution in [-0.4, -0.2) is 31.1 Å². The van der Waals surface area contributed by atoms with Crippen molar-refractivity contribution in [3.8, 4) is 0 Å². The summed E-state index contributed by atoms with van der Waals surface area (Å²) in [6.07, 6.45) is 6.70. The average molecular weight is 254 g/mol. The van der Waals surface area contributed by atoms with Crippen molar-refractivity contribution in [2.24, 2.45) is 23.0 Å². The molecule has 0 aliphatic heterocycles. The van der Waals surface area contributed by atoms with E-state index in [1.807, 2.05) is 0 Å². The van der Waals surface area contributed by atoms with Gasteiger partial charge >= 0.3 is 0 Å². The van der Waals surface area contributed by atoms with Gasteiger partial charge < -0.3 is 10.6 Å². The second-order valence-corrected chi connectivity index (χ2v) is 7.34. The molecule has 0 aromatic rings. The summed E-state index contributed by atoms with van der Waals surface area (Å²) in [7, 11) is 2.29. The largest absolute Gasteiger partial charge is 0.330 e. The second-order valence-electron chi connectivity index (χ2n) is 7.34. The molecule has 2 nitrogen and oxygen atoms in total. The first-order valence-electron chi connectivity index (χ1n) is 7.76. The zero-order valence-electron chi connectivity index (χ0n) is 13.2. The monoisotopic (exact) mass is 254 g/mol. The van der Waals surface area contributed by atoms with Gasteiger partial charge in [0, 0.05) is 6.04 Å². The van der Waals surface area contributed by atoms with Gasteiger partial charge in [0.25, 0.3) is 0 Å². The minimum absolute atomic E-state index is 0.403. The van der Waals surface area contributed by atoms with E-state index in [9.17, 15) is 0 Å². The van der Waals surface area contributed by atoms with Gasteiger partial charge in [0.1, 0.15) is 0 Å². The summed E-state index contributed by atoms with van der Waals surface area (Å²) in [5.41, 5.74) is 6.15. The Labute approximate surface area is 114 Å². The molecule has 0 spiro atoms. The SMILES string of the molecule is CC(C1CC1)N(C)CCCC(CCN)C(C)(C)C. The molecule has 108 valence electrons. The highest BCUT2D eigenvalue weighted by atomic mass is 15.1. The molecule has 0 aromatic heterocycles. The molecule has 0 bridgehead atoms. The average Bonchev–Trinajstić information content (AvgIpc) is 3.09. The maximum Gasteiger partial charge on any atom is 0.00921 e. The molecule has 2 atom stereocenters. The van der Waals surface area contributed by atoms with E-state index in [1.54, 1.807) is 0 Å². The van der Waals surface area contributed by atoms with Crippen molar-refractivity contribution in [1.29, 1.82) is 0 Å². The number of nitrogens with zero attached hydrogens (tertiary/aromatic N) is 1. The molecule has 0 radical (unpaired) electrons. The van der Waals surface area contributed by atoms with Crippen LogP contribution in [0.3, 0.4) is 0 Å². The molecular weight excluding hydrogens is 220 g/mol. The van der Waals surface area contributed by atoms with Gasteiger partial charge in [0.05, 0.1) is 0 Å². The highest BCUT2D eigenvalue weighted by Crippen LogP contribution is 2.35. The molecule has 1 saturated carbocycles. The summed E-state index contributed by atoms with van der Waals surface area (Å²) in [6, 6.07) is 0.785. The van der Waals surface area contributed by atoms with E-state index < -0.39 is 0 Å². The smallest absolute Gasteiger partial charge is 0.00921 e. The summed E-state index contributed by atoms with van der Waals surface area (Å²) in [5.74, 6) is 1.75. The zero-order chi connectivity index (χ0) is 13.8. The van der Waals surface area contributed by atoms with Crippen LogP contribution in [0.2, 0.25) is 0 Å². The molecule has 0 heterocycles. The fraction of sp³-hybridized carbons (Fsp3) is 1.00. The zero-order valence-corrected chi connectivity index (χ0v) is 13.2. The molecule has 0 amide bonds. The number of nitrogens with two attached hydrogens (primary N) is 1. The number of rotatable bonds is 8. The van der Waals surface area contributed by atoms with Crippen molar-refractivity contribution in [2.75, 3.05) is 20.1 Å². The predicted octanol–water partition coefficient (Wildman–Crippen LogP) is 3.51. The van der Waals surface area contributed by atoms with E-state index in [1.165, 1.54) is 38.6 Å². The van der Waals surface area contributed by atoms with Crippen LogP contribution in [-0.2, 0) is 0 Å². The summed E-state index contributed by atoms with van der Waals surface area (Å²) >= 11 is 0. The Balaban J connectivity index is 2.25. The maximum absolute atomic E-state index is 5.74. The van der Waals surface area contributed by atoms with Crippen molar-refractivity contribution in [2.45, 2.75) is 65.8 Å². The van der Waals surface area contributed by atoms with Crippen LogP contribution in [0, 0.1) is 17.3 Å². The van der Waals surface area contributed by atoms with Crippen LogP contribution in [0.25, 0.3) is 0 Å². The predicted molar refractivity (Wildman–Crippen MR) is 80.7 cm³/mol. The third kappa shape index (κ3) is 5.27. The van der Waals surface area contributed by atoms with E-state index in [0.29, 0.717) is 5.41 Å². The van der Waals surface area contributed by atoms with Gasteiger partial charge in [-0.25, -0.2) is 0 Å². The van der Waals surface area contributed by atoms with Crippen molar-refractivity contribution < 1.29 is 0 Å². The molecule has 0 aromatic carbocycles. The van der Waals surface area contributed by atoms with Crippen LogP contribution in [0.5, 0.6) is 0 Å². The van der Waals surface area contributed by atoms with E-state index in [0.717, 1.165) is 24.4 Å². The van der Waals surface area contributed by atoms with Gasteiger partial charge in [-0.15, -0.1) is 0 Å². The molecule has 2 N–H and O–H groups in total.